The molecular formula is C21H29N3O2S. The summed E-state index contributed by atoms with van der Waals surface area (Å²) in [6.07, 6.45) is 6.68. The predicted molar refractivity (Wildman–Crippen MR) is 110 cm³/mol. The number of amidine groups is 1. The van der Waals surface area contributed by atoms with E-state index in [0.717, 1.165) is 48.9 Å². The van der Waals surface area contributed by atoms with E-state index in [0.29, 0.717) is 10.7 Å². The number of nitrogens with zero attached hydrogens (tertiary/aromatic N) is 3. The van der Waals surface area contributed by atoms with E-state index in [4.69, 9.17) is 0 Å². The highest BCUT2D eigenvalue weighted by Gasteiger charge is 2.35. The van der Waals surface area contributed by atoms with Crippen molar-refractivity contribution in [2.24, 2.45) is 4.40 Å². The van der Waals surface area contributed by atoms with Crippen LogP contribution >= 0.6 is 0 Å². The third-order valence-corrected chi connectivity index (χ3v) is 7.63. The van der Waals surface area contributed by atoms with Crippen LogP contribution in [0.1, 0.15) is 50.2 Å². The lowest BCUT2D eigenvalue weighted by atomic mass is 9.94. The van der Waals surface area contributed by atoms with E-state index in [1.54, 1.807) is 0 Å². The van der Waals surface area contributed by atoms with Crippen molar-refractivity contribution in [3.8, 4) is 0 Å². The average Bonchev–Trinajstić information content (AvgIpc) is 2.92. The van der Waals surface area contributed by atoms with Gasteiger partial charge in [0.05, 0.1) is 0 Å². The van der Waals surface area contributed by atoms with Crippen molar-refractivity contribution in [1.29, 1.82) is 0 Å². The monoisotopic (exact) mass is 387 g/mol. The highest BCUT2D eigenvalue weighted by molar-refractivity contribution is 8.00. The SMILES string of the molecule is CC1=C(c2ccc(C)cc2)S(=O)(=O)N=C1N1CCN(C2CCCCC2)CC1. The Morgan fingerprint density at radius 2 is 1.56 bits per heavy atom. The minimum absolute atomic E-state index is 0.368. The molecule has 0 bridgehead atoms. The third kappa shape index (κ3) is 3.69. The van der Waals surface area contributed by atoms with Crippen molar-refractivity contribution in [2.75, 3.05) is 26.2 Å². The van der Waals surface area contributed by atoms with Crippen molar-refractivity contribution in [2.45, 2.75) is 52.0 Å². The fraction of sp³-hybridized carbons (Fsp3) is 0.571. The molecule has 1 aromatic rings. The second kappa shape index (κ2) is 7.40. The highest BCUT2D eigenvalue weighted by Crippen LogP contribution is 2.34. The maximum absolute atomic E-state index is 12.7. The van der Waals surface area contributed by atoms with Crippen LogP contribution in [0.5, 0.6) is 0 Å². The number of hydrogen-bond acceptors (Lipinski definition) is 4. The van der Waals surface area contributed by atoms with Crippen molar-refractivity contribution < 1.29 is 8.42 Å². The molecule has 5 nitrogen and oxygen atoms in total. The molecule has 1 saturated heterocycles. The van der Waals surface area contributed by atoms with Gasteiger partial charge in [0.25, 0.3) is 10.0 Å². The topological polar surface area (TPSA) is 53.0 Å². The molecule has 3 aliphatic rings. The van der Waals surface area contributed by atoms with Gasteiger partial charge in [0.2, 0.25) is 0 Å². The van der Waals surface area contributed by atoms with E-state index in [2.05, 4.69) is 14.2 Å². The van der Waals surface area contributed by atoms with E-state index >= 15 is 0 Å². The maximum Gasteiger partial charge on any atom is 0.285 e. The van der Waals surface area contributed by atoms with Gasteiger partial charge in [-0.25, -0.2) is 0 Å². The zero-order chi connectivity index (χ0) is 19.0. The Labute approximate surface area is 162 Å². The first kappa shape index (κ1) is 18.7. The fourth-order valence-electron chi connectivity index (χ4n) is 4.63. The van der Waals surface area contributed by atoms with Gasteiger partial charge < -0.3 is 4.90 Å². The largest absolute Gasteiger partial charge is 0.353 e. The maximum atomic E-state index is 12.7. The van der Waals surface area contributed by atoms with E-state index in [1.165, 1.54) is 32.1 Å². The lowest BCUT2D eigenvalue weighted by Crippen LogP contribution is -2.52. The van der Waals surface area contributed by atoms with Crippen LogP contribution in [0.25, 0.3) is 4.91 Å². The number of hydrogen-bond donors (Lipinski definition) is 0. The molecule has 6 heteroatoms. The molecule has 1 saturated carbocycles. The molecule has 0 atom stereocenters. The van der Waals surface area contributed by atoms with Gasteiger partial charge in [0, 0.05) is 37.8 Å². The van der Waals surface area contributed by atoms with Gasteiger partial charge in [0.1, 0.15) is 10.7 Å². The predicted octanol–water partition coefficient (Wildman–Crippen LogP) is 3.42. The van der Waals surface area contributed by atoms with Gasteiger partial charge in [-0.1, -0.05) is 49.1 Å². The van der Waals surface area contributed by atoms with Crippen molar-refractivity contribution in [1.82, 2.24) is 9.80 Å². The smallest absolute Gasteiger partial charge is 0.285 e. The first-order valence-corrected chi connectivity index (χ1v) is 11.5. The summed E-state index contributed by atoms with van der Waals surface area (Å²) >= 11 is 0. The van der Waals surface area contributed by atoms with Gasteiger partial charge in [-0.15, -0.1) is 4.40 Å². The van der Waals surface area contributed by atoms with E-state index in [-0.39, 0.29) is 0 Å². The summed E-state index contributed by atoms with van der Waals surface area (Å²) in [6, 6.07) is 8.38. The van der Waals surface area contributed by atoms with Gasteiger partial charge in [-0.05, 0) is 32.3 Å². The summed E-state index contributed by atoms with van der Waals surface area (Å²) in [6.45, 7) is 7.59. The number of rotatable bonds is 2. The minimum Gasteiger partial charge on any atom is -0.353 e. The van der Waals surface area contributed by atoms with Crippen molar-refractivity contribution in [3.05, 3.63) is 41.0 Å². The molecule has 2 fully saturated rings. The van der Waals surface area contributed by atoms with Crippen molar-refractivity contribution >= 4 is 20.8 Å². The van der Waals surface area contributed by atoms with Gasteiger partial charge >= 0.3 is 0 Å². The molecule has 0 radical (unpaired) electrons. The summed E-state index contributed by atoms with van der Waals surface area (Å²) < 4.78 is 29.6. The lowest BCUT2D eigenvalue weighted by molar-refractivity contribution is 0.107. The van der Waals surface area contributed by atoms with Crippen LogP contribution in [0, 0.1) is 6.92 Å². The molecule has 1 aromatic carbocycles. The highest BCUT2D eigenvalue weighted by atomic mass is 32.2. The van der Waals surface area contributed by atoms with Crippen LogP contribution in [0.3, 0.4) is 0 Å². The first-order chi connectivity index (χ1) is 13.0. The molecule has 27 heavy (non-hydrogen) atoms. The molecule has 2 heterocycles. The molecule has 1 aliphatic carbocycles. The Balaban J connectivity index is 1.52. The summed E-state index contributed by atoms with van der Waals surface area (Å²) in [7, 11) is -3.62. The second-order valence-electron chi connectivity index (χ2n) is 8.02. The molecular weight excluding hydrogens is 358 g/mol. The molecule has 0 spiro atoms. The number of sulfonamides is 1. The van der Waals surface area contributed by atoms with Crippen LogP contribution in [-0.2, 0) is 10.0 Å². The van der Waals surface area contributed by atoms with Gasteiger partial charge in [-0.2, -0.15) is 8.42 Å². The summed E-state index contributed by atoms with van der Waals surface area (Å²) in [5, 5.41) is 0. The van der Waals surface area contributed by atoms with Crippen LogP contribution in [0.4, 0.5) is 0 Å². The van der Waals surface area contributed by atoms with Gasteiger partial charge in [0.15, 0.2) is 0 Å². The zero-order valence-electron chi connectivity index (χ0n) is 16.3. The second-order valence-corrected chi connectivity index (χ2v) is 9.57. The Morgan fingerprint density at radius 3 is 2.19 bits per heavy atom. The quantitative estimate of drug-likeness (QED) is 0.780. The van der Waals surface area contributed by atoms with Crippen molar-refractivity contribution in [3.63, 3.8) is 0 Å². The number of benzene rings is 1. The third-order valence-electron chi connectivity index (χ3n) is 6.16. The molecule has 146 valence electrons. The average molecular weight is 388 g/mol. The zero-order valence-corrected chi connectivity index (χ0v) is 17.1. The molecule has 0 aromatic heterocycles. The summed E-state index contributed by atoms with van der Waals surface area (Å²) in [4.78, 5) is 5.12. The van der Waals surface area contributed by atoms with E-state index in [9.17, 15) is 8.42 Å². The van der Waals surface area contributed by atoms with Crippen LogP contribution in [0.2, 0.25) is 0 Å². The van der Waals surface area contributed by atoms with Crippen LogP contribution in [-0.4, -0.2) is 56.3 Å². The normalized spacial score (nSPS) is 24.4. The first-order valence-electron chi connectivity index (χ1n) is 10.1. The lowest BCUT2D eigenvalue weighted by Gasteiger charge is -2.41. The standard InChI is InChI=1S/C21H29N3O2S/c1-16-8-10-18(11-9-16)20-17(2)21(22-27(20,25)26)24-14-12-23(13-15-24)19-6-4-3-5-7-19/h8-11,19H,3-7,12-15H2,1-2H3. The van der Waals surface area contributed by atoms with Crippen LogP contribution in [0.15, 0.2) is 34.2 Å². The van der Waals surface area contributed by atoms with E-state index in [1.807, 2.05) is 38.1 Å². The minimum atomic E-state index is -3.62. The Bertz CT molecular complexity index is 857. The molecule has 0 N–H and O–H groups in total. The number of aryl methyl sites for hydroxylation is 1. The summed E-state index contributed by atoms with van der Waals surface area (Å²) in [5.41, 5.74) is 2.63. The number of piperazine rings is 1. The Kier molecular flexibility index (Phi) is 5.12. The van der Waals surface area contributed by atoms with Crippen LogP contribution < -0.4 is 0 Å². The van der Waals surface area contributed by atoms with Gasteiger partial charge in [-0.3, -0.25) is 4.90 Å². The summed E-state index contributed by atoms with van der Waals surface area (Å²) in [5.74, 6) is 0.647. The molecule has 0 amide bonds. The Morgan fingerprint density at radius 1 is 0.926 bits per heavy atom. The fourth-order valence-corrected chi connectivity index (χ4v) is 6.12. The molecule has 0 unspecified atom stereocenters. The molecule has 2 aliphatic heterocycles. The Hall–Kier alpha value is -1.66. The molecule has 4 rings (SSSR count). The van der Waals surface area contributed by atoms with E-state index < -0.39 is 10.0 Å².